The van der Waals surface area contributed by atoms with E-state index >= 15 is 0 Å². The molecule has 0 saturated carbocycles. The van der Waals surface area contributed by atoms with Crippen LogP contribution in [0.1, 0.15) is 46.8 Å². The Labute approximate surface area is 171 Å². The Morgan fingerprint density at radius 3 is 1.74 bits per heavy atom. The van der Waals surface area contributed by atoms with Gasteiger partial charge in [0.15, 0.2) is 6.78 Å². The van der Waals surface area contributed by atoms with E-state index in [0.29, 0.717) is 0 Å². The Kier molecular flexibility index (Phi) is 5.66. The standard InChI is InChI=1S/C23H20Cl2NP/c1-17(18-9-3-2-4-10-18)26(27(24)25)23-21-13-7-5-11-19(21)15-16-20-12-6-8-14-22(20)23/h2-17,23H,1H3. The Morgan fingerprint density at radius 2 is 1.22 bits per heavy atom. The summed E-state index contributed by atoms with van der Waals surface area (Å²) < 4.78 is 2.25. The molecule has 3 aromatic carbocycles. The van der Waals surface area contributed by atoms with Crippen molar-refractivity contribution in [2.24, 2.45) is 0 Å². The van der Waals surface area contributed by atoms with Gasteiger partial charge < -0.3 is 0 Å². The molecule has 1 nitrogen and oxygen atoms in total. The van der Waals surface area contributed by atoms with Gasteiger partial charge in [0.05, 0.1) is 6.04 Å². The van der Waals surface area contributed by atoms with Gasteiger partial charge in [0.2, 0.25) is 0 Å². The maximum Gasteiger partial charge on any atom is 0.161 e. The van der Waals surface area contributed by atoms with E-state index in [1.807, 2.05) is 6.07 Å². The smallest absolute Gasteiger partial charge is 0.161 e. The summed E-state index contributed by atoms with van der Waals surface area (Å²) in [5.41, 5.74) is 6.08. The van der Waals surface area contributed by atoms with E-state index in [0.717, 1.165) is 0 Å². The lowest BCUT2D eigenvalue weighted by Crippen LogP contribution is -2.27. The highest BCUT2D eigenvalue weighted by Gasteiger charge is 2.34. The summed E-state index contributed by atoms with van der Waals surface area (Å²) >= 11 is 13.3. The number of hydrogen-bond acceptors (Lipinski definition) is 1. The zero-order valence-corrected chi connectivity index (χ0v) is 17.4. The van der Waals surface area contributed by atoms with E-state index in [1.165, 1.54) is 27.8 Å². The summed E-state index contributed by atoms with van der Waals surface area (Å²) in [5, 5.41) is 0. The van der Waals surface area contributed by atoms with Crippen LogP contribution in [0, 0.1) is 0 Å². The third kappa shape index (κ3) is 3.71. The molecule has 4 heteroatoms. The molecule has 3 aromatic rings. The van der Waals surface area contributed by atoms with Crippen molar-refractivity contribution in [1.82, 2.24) is 4.67 Å². The summed E-state index contributed by atoms with van der Waals surface area (Å²) in [6, 6.07) is 27.5. The van der Waals surface area contributed by atoms with Gasteiger partial charge in [-0.2, -0.15) is 0 Å². The Balaban J connectivity index is 1.90. The molecule has 1 aliphatic rings. The topological polar surface area (TPSA) is 3.24 Å². The lowest BCUT2D eigenvalue weighted by molar-refractivity contribution is 0.323. The van der Waals surface area contributed by atoms with Crippen LogP contribution in [0.15, 0.2) is 78.9 Å². The number of nitrogens with zero attached hydrogens (tertiary/aromatic N) is 1. The Hall–Kier alpha value is -1.63. The second-order valence-electron chi connectivity index (χ2n) is 6.68. The van der Waals surface area contributed by atoms with Crippen molar-refractivity contribution in [3.8, 4) is 0 Å². The zero-order valence-electron chi connectivity index (χ0n) is 15.0. The molecule has 136 valence electrons. The number of hydrogen-bond donors (Lipinski definition) is 0. The average Bonchev–Trinajstić information content (AvgIpc) is 2.86. The van der Waals surface area contributed by atoms with E-state index in [-0.39, 0.29) is 12.1 Å². The number of halogens is 2. The highest BCUT2D eigenvalue weighted by Crippen LogP contribution is 2.60. The molecule has 0 amide bonds. The highest BCUT2D eigenvalue weighted by molar-refractivity contribution is 8.02. The first-order chi connectivity index (χ1) is 13.2. The van der Waals surface area contributed by atoms with Crippen LogP contribution >= 0.6 is 29.3 Å². The molecule has 0 spiro atoms. The molecule has 1 unspecified atom stereocenters. The van der Waals surface area contributed by atoms with Crippen molar-refractivity contribution in [2.75, 3.05) is 0 Å². The Bertz CT molecular complexity index is 906. The number of fused-ring (bicyclic) bond motifs is 2. The molecule has 0 heterocycles. The molecule has 1 atom stereocenters. The minimum Gasteiger partial charge on any atom is -0.239 e. The molecular weight excluding hydrogens is 392 g/mol. The van der Waals surface area contributed by atoms with Crippen molar-refractivity contribution < 1.29 is 0 Å². The van der Waals surface area contributed by atoms with Gasteiger partial charge >= 0.3 is 0 Å². The molecule has 0 saturated heterocycles. The van der Waals surface area contributed by atoms with Crippen LogP contribution < -0.4 is 0 Å². The summed E-state index contributed by atoms with van der Waals surface area (Å²) in [6.07, 6.45) is 4.37. The van der Waals surface area contributed by atoms with Gasteiger partial charge in [-0.3, -0.25) is 0 Å². The lowest BCUT2D eigenvalue weighted by Gasteiger charge is -2.38. The van der Waals surface area contributed by atoms with E-state index in [2.05, 4.69) is 96.5 Å². The molecule has 0 radical (unpaired) electrons. The lowest BCUT2D eigenvalue weighted by atomic mass is 9.92. The second-order valence-corrected chi connectivity index (χ2v) is 10.0. The summed E-state index contributed by atoms with van der Waals surface area (Å²) in [5.74, 6) is 0. The van der Waals surface area contributed by atoms with E-state index in [4.69, 9.17) is 22.5 Å². The highest BCUT2D eigenvalue weighted by atomic mass is 35.9. The van der Waals surface area contributed by atoms with Crippen molar-refractivity contribution in [2.45, 2.75) is 19.0 Å². The summed E-state index contributed by atoms with van der Waals surface area (Å²) in [6.45, 7) is 0.819. The van der Waals surface area contributed by atoms with Crippen LogP contribution in [-0.2, 0) is 0 Å². The third-order valence-electron chi connectivity index (χ3n) is 5.14. The van der Waals surface area contributed by atoms with Gasteiger partial charge in [0.1, 0.15) is 0 Å². The molecule has 0 bridgehead atoms. The van der Waals surface area contributed by atoms with Gasteiger partial charge in [-0.05, 0) is 34.7 Å². The maximum absolute atomic E-state index is 6.64. The second kappa shape index (κ2) is 8.17. The first-order valence-electron chi connectivity index (χ1n) is 8.97. The van der Waals surface area contributed by atoms with Crippen LogP contribution in [0.2, 0.25) is 0 Å². The minimum atomic E-state index is -1.36. The molecule has 27 heavy (non-hydrogen) atoms. The molecule has 4 rings (SSSR count). The largest absolute Gasteiger partial charge is 0.239 e. The van der Waals surface area contributed by atoms with Gasteiger partial charge in [-0.25, -0.2) is 4.67 Å². The fraction of sp³-hybridized carbons (Fsp3) is 0.130. The normalized spacial score (nSPS) is 14.7. The maximum atomic E-state index is 6.64. The molecule has 0 N–H and O–H groups in total. The predicted octanol–water partition coefficient (Wildman–Crippen LogP) is 8.03. The number of rotatable bonds is 4. The van der Waals surface area contributed by atoms with Crippen molar-refractivity contribution in [3.63, 3.8) is 0 Å². The summed E-state index contributed by atoms with van der Waals surface area (Å²) in [4.78, 5) is 0. The van der Waals surface area contributed by atoms with E-state index in [9.17, 15) is 0 Å². The summed E-state index contributed by atoms with van der Waals surface area (Å²) in [7, 11) is 0. The van der Waals surface area contributed by atoms with E-state index < -0.39 is 6.78 Å². The van der Waals surface area contributed by atoms with Gasteiger partial charge in [0.25, 0.3) is 0 Å². The van der Waals surface area contributed by atoms with Crippen LogP contribution in [-0.4, -0.2) is 4.67 Å². The first kappa shape index (κ1) is 18.7. The monoisotopic (exact) mass is 411 g/mol. The molecule has 1 aliphatic carbocycles. The molecule has 0 fully saturated rings. The Morgan fingerprint density at radius 1 is 0.741 bits per heavy atom. The van der Waals surface area contributed by atoms with Crippen LogP contribution in [0.4, 0.5) is 0 Å². The molecule has 0 aliphatic heterocycles. The quantitative estimate of drug-likeness (QED) is 0.392. The minimum absolute atomic E-state index is 0.0104. The fourth-order valence-corrected chi connectivity index (χ4v) is 5.91. The van der Waals surface area contributed by atoms with Gasteiger partial charge in [0, 0.05) is 6.04 Å². The van der Waals surface area contributed by atoms with Crippen LogP contribution in [0.3, 0.4) is 0 Å². The molecular formula is C23H20Cl2NP. The van der Waals surface area contributed by atoms with Crippen LogP contribution in [0.25, 0.3) is 12.2 Å². The van der Waals surface area contributed by atoms with Crippen molar-refractivity contribution in [1.29, 1.82) is 0 Å². The van der Waals surface area contributed by atoms with Gasteiger partial charge in [-0.15, -0.1) is 0 Å². The SMILES string of the molecule is CC(c1ccccc1)N(C1c2ccccc2C=Cc2ccccc21)P(Cl)Cl. The zero-order chi connectivity index (χ0) is 18.8. The average molecular weight is 412 g/mol. The fourth-order valence-electron chi connectivity index (χ4n) is 3.78. The number of benzene rings is 3. The van der Waals surface area contributed by atoms with Gasteiger partial charge in [-0.1, -0.05) is 113 Å². The predicted molar refractivity (Wildman–Crippen MR) is 119 cm³/mol. The third-order valence-corrected chi connectivity index (χ3v) is 7.12. The van der Waals surface area contributed by atoms with Crippen molar-refractivity contribution in [3.05, 3.63) is 107 Å². The van der Waals surface area contributed by atoms with E-state index in [1.54, 1.807) is 0 Å². The first-order valence-corrected chi connectivity index (χ1v) is 12.1. The van der Waals surface area contributed by atoms with Crippen molar-refractivity contribution >= 4 is 41.4 Å². The molecule has 0 aromatic heterocycles. The van der Waals surface area contributed by atoms with Crippen LogP contribution in [0.5, 0.6) is 0 Å².